The van der Waals surface area contributed by atoms with E-state index >= 15 is 0 Å². The molecule has 2 aromatic rings. The lowest BCUT2D eigenvalue weighted by Crippen LogP contribution is -2.38. The van der Waals surface area contributed by atoms with Gasteiger partial charge in [0.2, 0.25) is 0 Å². The number of nitrogens with one attached hydrogen (secondary N) is 1. The molecular formula is C17H15F3N2O2. The van der Waals surface area contributed by atoms with E-state index in [0.29, 0.717) is 5.56 Å². The van der Waals surface area contributed by atoms with Crippen molar-refractivity contribution in [3.63, 3.8) is 0 Å². The molecule has 1 N–H and O–H groups in total. The summed E-state index contributed by atoms with van der Waals surface area (Å²) in [5.74, 6) is -0.809. The number of hydrogen-bond acceptors (Lipinski definition) is 3. The number of amides is 1. The molecule has 2 rings (SSSR count). The van der Waals surface area contributed by atoms with Crippen LogP contribution >= 0.6 is 0 Å². The van der Waals surface area contributed by atoms with Gasteiger partial charge in [-0.2, -0.15) is 13.2 Å². The van der Waals surface area contributed by atoms with E-state index in [1.807, 2.05) is 5.32 Å². The number of benzene rings is 2. The second kappa shape index (κ2) is 7.63. The third-order valence-corrected chi connectivity index (χ3v) is 3.22. The van der Waals surface area contributed by atoms with Gasteiger partial charge in [0.1, 0.15) is 7.11 Å². The highest BCUT2D eigenvalue weighted by molar-refractivity contribution is 5.95. The molecule has 0 heterocycles. The number of carbonyl (C=O) groups excluding carboxylic acids is 1. The van der Waals surface area contributed by atoms with Gasteiger partial charge in [-0.05, 0) is 23.3 Å². The van der Waals surface area contributed by atoms with E-state index < -0.39 is 18.1 Å². The fourth-order valence-corrected chi connectivity index (χ4v) is 2.05. The van der Waals surface area contributed by atoms with Gasteiger partial charge in [-0.3, -0.25) is 4.79 Å². The van der Waals surface area contributed by atoms with Crippen LogP contribution in [-0.2, 0) is 4.84 Å². The Hall–Kier alpha value is -2.83. The van der Waals surface area contributed by atoms with Crippen molar-refractivity contribution in [2.24, 2.45) is 5.16 Å². The standard InChI is InChI=1S/C17H15F3N2O2/c1-24-21-11-12-7-9-14(10-8-12)16(23)22-15(17(18,19)20)13-5-3-2-4-6-13/h2-11,15H,1H3,(H,22,23). The number of hydrogen-bond donors (Lipinski definition) is 1. The molecule has 24 heavy (non-hydrogen) atoms. The van der Waals surface area contributed by atoms with Crippen molar-refractivity contribution >= 4 is 12.1 Å². The second-order valence-corrected chi connectivity index (χ2v) is 4.90. The van der Waals surface area contributed by atoms with E-state index in [1.54, 1.807) is 18.2 Å². The first-order valence-electron chi connectivity index (χ1n) is 7.01. The lowest BCUT2D eigenvalue weighted by Gasteiger charge is -2.22. The summed E-state index contributed by atoms with van der Waals surface area (Å²) >= 11 is 0. The molecule has 2 aromatic carbocycles. The third kappa shape index (κ3) is 4.58. The van der Waals surface area contributed by atoms with Crippen LogP contribution in [0.3, 0.4) is 0 Å². The van der Waals surface area contributed by atoms with Crippen molar-refractivity contribution in [1.29, 1.82) is 0 Å². The molecule has 0 saturated heterocycles. The van der Waals surface area contributed by atoms with Crippen LogP contribution in [0.25, 0.3) is 0 Å². The quantitative estimate of drug-likeness (QED) is 0.669. The average Bonchev–Trinajstić information content (AvgIpc) is 2.58. The number of rotatable bonds is 5. The van der Waals surface area contributed by atoms with Gasteiger partial charge < -0.3 is 10.2 Å². The van der Waals surface area contributed by atoms with Crippen LogP contribution in [0, 0.1) is 0 Å². The Kier molecular flexibility index (Phi) is 5.57. The summed E-state index contributed by atoms with van der Waals surface area (Å²) in [4.78, 5) is 16.7. The highest BCUT2D eigenvalue weighted by atomic mass is 19.4. The van der Waals surface area contributed by atoms with Crippen molar-refractivity contribution < 1.29 is 22.8 Å². The summed E-state index contributed by atoms with van der Waals surface area (Å²) in [6, 6.07) is 11.1. The Bertz CT molecular complexity index is 698. The first-order chi connectivity index (χ1) is 11.4. The van der Waals surface area contributed by atoms with Gasteiger partial charge in [0, 0.05) is 5.56 Å². The number of halogens is 3. The lowest BCUT2D eigenvalue weighted by molar-refractivity contribution is -0.155. The predicted molar refractivity (Wildman–Crippen MR) is 83.7 cm³/mol. The Morgan fingerprint density at radius 1 is 1.12 bits per heavy atom. The average molecular weight is 336 g/mol. The first kappa shape index (κ1) is 17.5. The summed E-state index contributed by atoms with van der Waals surface area (Å²) < 4.78 is 39.7. The van der Waals surface area contributed by atoms with Crippen molar-refractivity contribution in [3.05, 3.63) is 71.3 Å². The molecule has 7 heteroatoms. The van der Waals surface area contributed by atoms with Gasteiger partial charge in [0.05, 0.1) is 6.21 Å². The number of oxime groups is 1. The lowest BCUT2D eigenvalue weighted by atomic mass is 10.1. The molecule has 4 nitrogen and oxygen atoms in total. The van der Waals surface area contributed by atoms with Crippen molar-refractivity contribution in [1.82, 2.24) is 5.32 Å². The molecule has 1 amide bonds. The minimum Gasteiger partial charge on any atom is -0.399 e. The van der Waals surface area contributed by atoms with Gasteiger partial charge in [-0.25, -0.2) is 0 Å². The Labute approximate surface area is 136 Å². The molecule has 0 aliphatic rings. The topological polar surface area (TPSA) is 50.7 Å². The Morgan fingerprint density at radius 3 is 2.29 bits per heavy atom. The molecule has 0 spiro atoms. The number of alkyl halides is 3. The maximum absolute atomic E-state index is 13.2. The van der Waals surface area contributed by atoms with E-state index in [9.17, 15) is 18.0 Å². The Balaban J connectivity index is 2.17. The maximum atomic E-state index is 13.2. The largest absolute Gasteiger partial charge is 0.412 e. The van der Waals surface area contributed by atoms with Gasteiger partial charge in [-0.15, -0.1) is 0 Å². The van der Waals surface area contributed by atoms with Gasteiger partial charge >= 0.3 is 6.18 Å². The second-order valence-electron chi connectivity index (χ2n) is 4.90. The minimum absolute atomic E-state index is 0.0257. The zero-order valence-electron chi connectivity index (χ0n) is 12.7. The molecule has 1 atom stereocenters. The molecule has 126 valence electrons. The van der Waals surface area contributed by atoms with E-state index in [0.717, 1.165) is 0 Å². The summed E-state index contributed by atoms with van der Waals surface area (Å²) in [5, 5.41) is 5.59. The minimum atomic E-state index is -4.60. The molecule has 0 aromatic heterocycles. The van der Waals surface area contributed by atoms with E-state index in [1.165, 1.54) is 49.7 Å². The molecule has 0 bridgehead atoms. The summed E-state index contributed by atoms with van der Waals surface area (Å²) in [5.41, 5.74) is 0.751. The number of nitrogens with zero attached hydrogens (tertiary/aromatic N) is 1. The summed E-state index contributed by atoms with van der Waals surface area (Å²) in [6.07, 6.45) is -3.17. The van der Waals surface area contributed by atoms with Gasteiger partial charge in [0.15, 0.2) is 6.04 Å². The molecular weight excluding hydrogens is 321 g/mol. The molecule has 1 unspecified atom stereocenters. The van der Waals surface area contributed by atoms with Crippen LogP contribution in [0.2, 0.25) is 0 Å². The molecule has 0 saturated carbocycles. The normalized spacial score (nSPS) is 12.8. The van der Waals surface area contributed by atoms with Crippen LogP contribution < -0.4 is 5.32 Å². The van der Waals surface area contributed by atoms with Crippen LogP contribution in [0.4, 0.5) is 13.2 Å². The molecule has 0 radical (unpaired) electrons. The van der Waals surface area contributed by atoms with Crippen molar-refractivity contribution in [3.8, 4) is 0 Å². The van der Waals surface area contributed by atoms with Crippen LogP contribution in [0.5, 0.6) is 0 Å². The van der Waals surface area contributed by atoms with E-state index in [2.05, 4.69) is 9.99 Å². The SMILES string of the molecule is CON=Cc1ccc(C(=O)NC(c2ccccc2)C(F)(F)F)cc1. The monoisotopic (exact) mass is 336 g/mol. The zero-order valence-corrected chi connectivity index (χ0v) is 12.7. The highest BCUT2D eigenvalue weighted by Gasteiger charge is 2.41. The predicted octanol–water partition coefficient (Wildman–Crippen LogP) is 3.70. The zero-order chi connectivity index (χ0) is 17.6. The van der Waals surface area contributed by atoms with Crippen LogP contribution in [0.1, 0.15) is 27.5 Å². The third-order valence-electron chi connectivity index (χ3n) is 3.22. The number of carbonyl (C=O) groups is 1. The first-order valence-corrected chi connectivity index (χ1v) is 7.01. The van der Waals surface area contributed by atoms with Crippen LogP contribution in [0.15, 0.2) is 59.8 Å². The fraction of sp³-hybridized carbons (Fsp3) is 0.176. The van der Waals surface area contributed by atoms with E-state index in [-0.39, 0.29) is 11.1 Å². The Morgan fingerprint density at radius 2 is 1.75 bits per heavy atom. The van der Waals surface area contributed by atoms with Crippen molar-refractivity contribution in [2.75, 3.05) is 7.11 Å². The molecule has 0 fully saturated rings. The van der Waals surface area contributed by atoms with E-state index in [4.69, 9.17) is 0 Å². The fourth-order valence-electron chi connectivity index (χ4n) is 2.05. The highest BCUT2D eigenvalue weighted by Crippen LogP contribution is 2.32. The molecule has 0 aliphatic carbocycles. The smallest absolute Gasteiger partial charge is 0.399 e. The maximum Gasteiger partial charge on any atom is 0.412 e. The van der Waals surface area contributed by atoms with Crippen molar-refractivity contribution in [2.45, 2.75) is 12.2 Å². The molecule has 0 aliphatic heterocycles. The summed E-state index contributed by atoms with van der Waals surface area (Å²) in [7, 11) is 1.39. The van der Waals surface area contributed by atoms with Crippen LogP contribution in [-0.4, -0.2) is 25.4 Å². The summed E-state index contributed by atoms with van der Waals surface area (Å²) in [6.45, 7) is 0. The van der Waals surface area contributed by atoms with Gasteiger partial charge in [-0.1, -0.05) is 47.6 Å². The van der Waals surface area contributed by atoms with Gasteiger partial charge in [0.25, 0.3) is 5.91 Å².